The monoisotopic (exact) mass is 422 g/mol. The molecule has 148 valence electrons. The van der Waals surface area contributed by atoms with Crippen LogP contribution in [0.25, 0.3) is 10.2 Å². The predicted octanol–water partition coefficient (Wildman–Crippen LogP) is 5.42. The van der Waals surface area contributed by atoms with Gasteiger partial charge in [-0.1, -0.05) is 42.1 Å². The molecule has 4 aromatic rings. The Hall–Kier alpha value is -2.57. The first-order valence-electron chi connectivity index (χ1n) is 9.35. The second-order valence-electron chi connectivity index (χ2n) is 6.98. The summed E-state index contributed by atoms with van der Waals surface area (Å²) in [7, 11) is 1.65. The molecule has 29 heavy (non-hydrogen) atoms. The van der Waals surface area contributed by atoms with Crippen molar-refractivity contribution < 1.29 is 4.74 Å². The van der Waals surface area contributed by atoms with Gasteiger partial charge < -0.3 is 4.74 Å². The van der Waals surface area contributed by atoms with E-state index in [1.165, 1.54) is 28.0 Å². The van der Waals surface area contributed by atoms with E-state index in [0.717, 1.165) is 27.7 Å². The van der Waals surface area contributed by atoms with Gasteiger partial charge in [0.05, 0.1) is 19.2 Å². The fourth-order valence-corrected chi connectivity index (χ4v) is 4.85. The zero-order chi connectivity index (χ0) is 20.4. The molecule has 2 aromatic carbocycles. The second-order valence-corrected chi connectivity index (χ2v) is 8.83. The highest BCUT2D eigenvalue weighted by Crippen LogP contribution is 2.25. The minimum Gasteiger partial charge on any atom is -0.497 e. The van der Waals surface area contributed by atoms with Gasteiger partial charge in [-0.25, -0.2) is 4.98 Å². The number of methoxy groups -OCH3 is 1. The zero-order valence-corrected chi connectivity index (χ0v) is 18.3. The van der Waals surface area contributed by atoms with Gasteiger partial charge in [0.1, 0.15) is 10.4 Å². The van der Waals surface area contributed by atoms with Crippen molar-refractivity contribution in [2.24, 2.45) is 0 Å². The molecule has 0 N–H and O–H groups in total. The minimum atomic E-state index is 0.0170. The van der Waals surface area contributed by atoms with Crippen LogP contribution in [0.15, 0.2) is 63.9 Å². The summed E-state index contributed by atoms with van der Waals surface area (Å²) in [4.78, 5) is 17.9. The molecule has 4 rings (SSSR count). The van der Waals surface area contributed by atoms with Gasteiger partial charge in [-0.3, -0.25) is 9.36 Å². The Balaban J connectivity index is 1.68. The average Bonchev–Trinajstić information content (AvgIpc) is 3.20. The minimum absolute atomic E-state index is 0.0170. The maximum Gasteiger partial charge on any atom is 0.272 e. The van der Waals surface area contributed by atoms with Crippen LogP contribution in [-0.2, 0) is 12.3 Å². The van der Waals surface area contributed by atoms with Crippen molar-refractivity contribution in [3.8, 4) is 5.75 Å². The number of fused-ring (bicyclic) bond motifs is 1. The van der Waals surface area contributed by atoms with Crippen LogP contribution in [0, 0.1) is 13.8 Å². The highest BCUT2D eigenvalue weighted by atomic mass is 32.2. The van der Waals surface area contributed by atoms with Crippen molar-refractivity contribution in [3.63, 3.8) is 0 Å². The van der Waals surface area contributed by atoms with Crippen molar-refractivity contribution in [2.75, 3.05) is 7.11 Å². The number of thioether (sulfide) groups is 1. The highest BCUT2D eigenvalue weighted by Gasteiger charge is 2.13. The Morgan fingerprint density at radius 3 is 2.52 bits per heavy atom. The van der Waals surface area contributed by atoms with Crippen LogP contribution < -0.4 is 10.3 Å². The number of hydrogen-bond donors (Lipinski definition) is 0. The third kappa shape index (κ3) is 4.23. The fourth-order valence-electron chi connectivity index (χ4n) is 3.13. The Morgan fingerprint density at radius 1 is 1.03 bits per heavy atom. The van der Waals surface area contributed by atoms with Crippen LogP contribution >= 0.6 is 23.1 Å². The smallest absolute Gasteiger partial charge is 0.272 e. The van der Waals surface area contributed by atoms with E-state index in [1.54, 1.807) is 23.4 Å². The van der Waals surface area contributed by atoms with E-state index in [9.17, 15) is 4.79 Å². The van der Waals surface area contributed by atoms with Gasteiger partial charge in [-0.2, -0.15) is 0 Å². The van der Waals surface area contributed by atoms with Crippen LogP contribution in [0.1, 0.15) is 22.3 Å². The van der Waals surface area contributed by atoms with Gasteiger partial charge in [-0.05, 0) is 59.7 Å². The summed E-state index contributed by atoms with van der Waals surface area (Å²) in [5, 5.41) is 2.67. The fraction of sp³-hybridized carbons (Fsp3) is 0.217. The topological polar surface area (TPSA) is 44.1 Å². The molecule has 0 saturated carbocycles. The van der Waals surface area contributed by atoms with E-state index >= 15 is 0 Å². The third-order valence-electron chi connectivity index (χ3n) is 4.97. The number of rotatable bonds is 6. The lowest BCUT2D eigenvalue weighted by atomic mass is 10.1. The van der Waals surface area contributed by atoms with Crippen molar-refractivity contribution >= 4 is 33.3 Å². The van der Waals surface area contributed by atoms with E-state index in [2.05, 4.69) is 32.0 Å². The second kappa shape index (κ2) is 8.43. The summed E-state index contributed by atoms with van der Waals surface area (Å²) >= 11 is 3.05. The lowest BCUT2D eigenvalue weighted by Crippen LogP contribution is -2.23. The molecule has 0 spiro atoms. The third-order valence-corrected chi connectivity index (χ3v) is 6.91. The molecule has 0 aliphatic carbocycles. The number of aryl methyl sites for hydroxylation is 2. The van der Waals surface area contributed by atoms with Gasteiger partial charge in [-0.15, -0.1) is 11.3 Å². The Morgan fingerprint density at radius 2 is 1.79 bits per heavy atom. The first kappa shape index (κ1) is 19.7. The van der Waals surface area contributed by atoms with E-state index in [1.807, 2.05) is 35.7 Å². The van der Waals surface area contributed by atoms with E-state index in [4.69, 9.17) is 9.72 Å². The Kier molecular flexibility index (Phi) is 5.74. The maximum atomic E-state index is 13.1. The number of hydrogen-bond acceptors (Lipinski definition) is 5. The number of thiophene rings is 1. The molecule has 0 bridgehead atoms. The Labute approximate surface area is 178 Å². The van der Waals surface area contributed by atoms with Crippen LogP contribution in [0.3, 0.4) is 0 Å². The van der Waals surface area contributed by atoms with Gasteiger partial charge in [0.2, 0.25) is 0 Å². The van der Waals surface area contributed by atoms with E-state index in [-0.39, 0.29) is 5.56 Å². The zero-order valence-electron chi connectivity index (χ0n) is 16.6. The Bertz CT molecular complexity index is 1210. The molecule has 0 fully saturated rings. The maximum absolute atomic E-state index is 13.1. The molecule has 0 amide bonds. The van der Waals surface area contributed by atoms with Crippen molar-refractivity contribution in [1.82, 2.24) is 9.55 Å². The number of aromatic nitrogens is 2. The molecule has 2 heterocycles. The molecule has 4 nitrogen and oxygen atoms in total. The van der Waals surface area contributed by atoms with Crippen LogP contribution in [0.5, 0.6) is 5.75 Å². The lowest BCUT2D eigenvalue weighted by Gasteiger charge is -2.13. The number of ether oxygens (including phenoxy) is 1. The predicted molar refractivity (Wildman–Crippen MR) is 121 cm³/mol. The summed E-state index contributed by atoms with van der Waals surface area (Å²) < 4.78 is 7.72. The van der Waals surface area contributed by atoms with Crippen molar-refractivity contribution in [3.05, 3.63) is 86.5 Å². The van der Waals surface area contributed by atoms with Crippen molar-refractivity contribution in [2.45, 2.75) is 31.3 Å². The number of benzene rings is 2. The standard InChI is InChI=1S/C23H22N2O2S2/c1-15-4-5-18(12-16(15)2)14-29-23-24-20-10-11-28-21(20)22(26)25(23)13-17-6-8-19(27-3)9-7-17/h4-12H,13-14H2,1-3H3. The first-order chi connectivity index (χ1) is 14.0. The van der Waals surface area contributed by atoms with Crippen molar-refractivity contribution in [1.29, 1.82) is 0 Å². The van der Waals surface area contributed by atoms with E-state index < -0.39 is 0 Å². The van der Waals surface area contributed by atoms with E-state index in [0.29, 0.717) is 11.2 Å². The summed E-state index contributed by atoms with van der Waals surface area (Å²) in [6, 6.07) is 16.2. The van der Waals surface area contributed by atoms with Gasteiger partial charge in [0.25, 0.3) is 5.56 Å². The molecule has 0 radical (unpaired) electrons. The van der Waals surface area contributed by atoms with Crippen LogP contribution in [-0.4, -0.2) is 16.7 Å². The molecule has 6 heteroatoms. The molecule has 2 aromatic heterocycles. The molecule has 0 unspecified atom stereocenters. The summed E-state index contributed by atoms with van der Waals surface area (Å²) in [6.45, 7) is 4.72. The van der Waals surface area contributed by atoms with Crippen LogP contribution in [0.4, 0.5) is 0 Å². The highest BCUT2D eigenvalue weighted by molar-refractivity contribution is 7.98. The quantitative estimate of drug-likeness (QED) is 0.307. The molecule has 0 atom stereocenters. The SMILES string of the molecule is COc1ccc(Cn2c(SCc3ccc(C)c(C)c3)nc3ccsc3c2=O)cc1. The van der Waals surface area contributed by atoms with Gasteiger partial charge >= 0.3 is 0 Å². The first-order valence-corrected chi connectivity index (χ1v) is 11.2. The molecular weight excluding hydrogens is 400 g/mol. The molecule has 0 aliphatic heterocycles. The summed E-state index contributed by atoms with van der Waals surface area (Å²) in [5.41, 5.74) is 5.62. The van der Waals surface area contributed by atoms with Gasteiger partial charge in [0, 0.05) is 5.75 Å². The average molecular weight is 423 g/mol. The summed E-state index contributed by atoms with van der Waals surface area (Å²) in [5.74, 6) is 1.57. The lowest BCUT2D eigenvalue weighted by molar-refractivity contribution is 0.414. The van der Waals surface area contributed by atoms with Gasteiger partial charge in [0.15, 0.2) is 5.16 Å². The molecule has 0 aliphatic rings. The summed E-state index contributed by atoms with van der Waals surface area (Å²) in [6.07, 6.45) is 0. The largest absolute Gasteiger partial charge is 0.497 e. The van der Waals surface area contributed by atoms with Crippen LogP contribution in [0.2, 0.25) is 0 Å². The molecular formula is C23H22N2O2S2. The normalized spacial score (nSPS) is 11.1. The molecule has 0 saturated heterocycles. The number of nitrogens with zero attached hydrogens (tertiary/aromatic N) is 2.